The lowest BCUT2D eigenvalue weighted by Gasteiger charge is -2.45. The van der Waals surface area contributed by atoms with Crippen LogP contribution in [-0.2, 0) is 10.3 Å². The molecule has 2 aromatic rings. The van der Waals surface area contributed by atoms with Crippen molar-refractivity contribution in [1.82, 2.24) is 9.97 Å². The van der Waals surface area contributed by atoms with Crippen LogP contribution >= 0.6 is 11.8 Å². The Labute approximate surface area is 191 Å². The van der Waals surface area contributed by atoms with Crippen LogP contribution in [0.5, 0.6) is 5.88 Å². The first-order chi connectivity index (χ1) is 14.8. The van der Waals surface area contributed by atoms with Crippen molar-refractivity contribution in [3.05, 3.63) is 47.7 Å². The Hall–Kier alpha value is -2.72. The first-order valence-corrected chi connectivity index (χ1v) is 10.7. The summed E-state index contributed by atoms with van der Waals surface area (Å²) in [5.74, 6) is -0.544. The Morgan fingerprint density at radius 2 is 2.03 bits per heavy atom. The quantitative estimate of drug-likeness (QED) is 0.713. The van der Waals surface area contributed by atoms with Crippen LogP contribution in [0.4, 0.5) is 10.1 Å². The van der Waals surface area contributed by atoms with Crippen molar-refractivity contribution in [2.75, 3.05) is 25.6 Å². The molecule has 1 aromatic heterocycles. The van der Waals surface area contributed by atoms with Crippen LogP contribution < -0.4 is 15.8 Å². The number of hydrogen-bond acceptors (Lipinski definition) is 8. The van der Waals surface area contributed by atoms with Crippen LogP contribution in [0.2, 0.25) is 0 Å². The fourth-order valence-corrected chi connectivity index (χ4v) is 5.53. The number of amidine groups is 1. The minimum atomic E-state index is -0.850. The number of hydrogen-bond donors (Lipinski definition) is 2. The van der Waals surface area contributed by atoms with Crippen LogP contribution in [0, 0.1) is 5.82 Å². The van der Waals surface area contributed by atoms with E-state index in [-0.39, 0.29) is 17.9 Å². The molecule has 2 aliphatic rings. The van der Waals surface area contributed by atoms with Crippen molar-refractivity contribution >= 4 is 28.5 Å². The number of thioether (sulfide) groups is 1. The van der Waals surface area contributed by atoms with Gasteiger partial charge in [0.1, 0.15) is 11.5 Å². The first kappa shape index (κ1) is 23.9. The highest BCUT2D eigenvalue weighted by atomic mass is 32.2. The second kappa shape index (κ2) is 9.41. The lowest BCUT2D eigenvalue weighted by atomic mass is 9.79. The second-order valence-corrected chi connectivity index (χ2v) is 9.38. The number of carbonyl (C=O) groups excluding carboxylic acids is 1. The summed E-state index contributed by atoms with van der Waals surface area (Å²) in [6, 6.07) is 4.45. The number of aliphatic imine (C=N–C) groups is 1. The van der Waals surface area contributed by atoms with Crippen LogP contribution in [0.3, 0.4) is 0 Å². The number of rotatable bonds is 4. The van der Waals surface area contributed by atoms with Crippen molar-refractivity contribution in [3.63, 3.8) is 0 Å². The predicted octanol–water partition coefficient (Wildman–Crippen LogP) is 3.73. The van der Waals surface area contributed by atoms with Gasteiger partial charge in [-0.1, -0.05) is 19.2 Å². The van der Waals surface area contributed by atoms with E-state index in [0.29, 0.717) is 41.9 Å². The molecule has 0 aliphatic carbocycles. The number of ether oxygens (including phenoxy) is 2. The Bertz CT molecular complexity index is 1010. The van der Waals surface area contributed by atoms with Gasteiger partial charge in [-0.05, 0) is 44.4 Å². The Morgan fingerprint density at radius 3 is 2.69 bits per heavy atom. The van der Waals surface area contributed by atoms with Gasteiger partial charge in [0.05, 0.1) is 25.0 Å². The van der Waals surface area contributed by atoms with E-state index in [1.165, 1.54) is 31.6 Å². The van der Waals surface area contributed by atoms with Gasteiger partial charge >= 0.3 is 0 Å². The normalized spacial score (nSPS) is 21.9. The van der Waals surface area contributed by atoms with E-state index in [1.54, 1.807) is 17.8 Å². The summed E-state index contributed by atoms with van der Waals surface area (Å²) in [5, 5.41) is 3.19. The van der Waals surface area contributed by atoms with Crippen molar-refractivity contribution in [2.24, 2.45) is 10.7 Å². The standard InChI is InChI=1S/C21H24FN5O3S.CH4/c1-20(12-21(31-19(23)27-20)5-7-30-8-6-21)14-9-13(3-4-15(14)22)26-18(28)16-10-25-17(29-2)11-24-16;/h3-4,9-11H,5-8,12H2,1-2H3,(H2,23,27)(H,26,28);1H4/t20-;/m0./s1. The van der Waals surface area contributed by atoms with Gasteiger partial charge in [-0.3, -0.25) is 9.79 Å². The number of halogens is 1. The molecule has 0 saturated carbocycles. The average Bonchev–Trinajstić information content (AvgIpc) is 2.74. The van der Waals surface area contributed by atoms with E-state index >= 15 is 0 Å². The van der Waals surface area contributed by atoms with Gasteiger partial charge in [-0.15, -0.1) is 0 Å². The Balaban J connectivity index is 0.00000289. The summed E-state index contributed by atoms with van der Waals surface area (Å²) in [7, 11) is 1.47. The highest BCUT2D eigenvalue weighted by Gasteiger charge is 2.46. The molecule has 1 amide bonds. The van der Waals surface area contributed by atoms with Gasteiger partial charge in [0.25, 0.3) is 5.91 Å². The van der Waals surface area contributed by atoms with E-state index < -0.39 is 17.3 Å². The van der Waals surface area contributed by atoms with Gasteiger partial charge in [0, 0.05) is 29.2 Å². The van der Waals surface area contributed by atoms with E-state index in [0.717, 1.165) is 12.8 Å². The van der Waals surface area contributed by atoms with E-state index in [9.17, 15) is 9.18 Å². The number of benzene rings is 1. The SMILES string of the molecule is C.COc1cnc(C(=O)Nc2ccc(F)c([C@]3(C)CC4(CCOCC4)SC(N)=N3)c2)cn1. The molecular weight excluding hydrogens is 433 g/mol. The number of aromatic nitrogens is 2. The van der Waals surface area contributed by atoms with Gasteiger partial charge in [0.2, 0.25) is 5.88 Å². The van der Waals surface area contributed by atoms with Gasteiger partial charge in [-0.2, -0.15) is 0 Å². The molecule has 1 aromatic carbocycles. The van der Waals surface area contributed by atoms with E-state index in [4.69, 9.17) is 15.2 Å². The molecule has 1 spiro atoms. The molecule has 32 heavy (non-hydrogen) atoms. The third kappa shape index (κ3) is 4.86. The molecule has 8 nitrogen and oxygen atoms in total. The maximum absolute atomic E-state index is 14.9. The zero-order valence-corrected chi connectivity index (χ0v) is 18.2. The number of methoxy groups -OCH3 is 1. The summed E-state index contributed by atoms with van der Waals surface area (Å²) < 4.78 is 25.3. The number of anilines is 1. The number of carbonyl (C=O) groups is 1. The highest BCUT2D eigenvalue weighted by molar-refractivity contribution is 8.15. The molecule has 172 valence electrons. The minimum absolute atomic E-state index is 0. The summed E-state index contributed by atoms with van der Waals surface area (Å²) in [5.41, 5.74) is 6.27. The molecule has 4 rings (SSSR count). The zero-order valence-electron chi connectivity index (χ0n) is 17.4. The molecule has 2 aliphatic heterocycles. The van der Waals surface area contributed by atoms with Crippen LogP contribution in [-0.4, -0.2) is 46.1 Å². The van der Waals surface area contributed by atoms with Gasteiger partial charge in [-0.25, -0.2) is 14.4 Å². The van der Waals surface area contributed by atoms with Crippen molar-refractivity contribution in [2.45, 2.75) is 43.9 Å². The molecule has 10 heteroatoms. The third-order valence-electron chi connectivity index (χ3n) is 5.62. The lowest BCUT2D eigenvalue weighted by molar-refractivity contribution is 0.0690. The molecule has 0 bridgehead atoms. The fraction of sp³-hybridized carbons (Fsp3) is 0.455. The molecule has 3 heterocycles. The minimum Gasteiger partial charge on any atom is -0.480 e. The number of nitrogens with zero attached hydrogens (tertiary/aromatic N) is 3. The zero-order chi connectivity index (χ0) is 22.1. The molecule has 3 N–H and O–H groups in total. The summed E-state index contributed by atoms with van der Waals surface area (Å²) in [6.45, 7) is 3.19. The Morgan fingerprint density at radius 1 is 1.28 bits per heavy atom. The molecule has 0 unspecified atom stereocenters. The first-order valence-electron chi connectivity index (χ1n) is 9.92. The second-order valence-electron chi connectivity index (χ2n) is 7.89. The molecule has 1 saturated heterocycles. The monoisotopic (exact) mass is 461 g/mol. The largest absolute Gasteiger partial charge is 0.480 e. The average molecular weight is 462 g/mol. The van der Waals surface area contributed by atoms with Crippen molar-refractivity contribution in [1.29, 1.82) is 0 Å². The lowest BCUT2D eigenvalue weighted by Crippen LogP contribution is -2.45. The summed E-state index contributed by atoms with van der Waals surface area (Å²) >= 11 is 1.56. The molecule has 0 radical (unpaired) electrons. The van der Waals surface area contributed by atoms with Crippen LogP contribution in [0.15, 0.2) is 35.6 Å². The van der Waals surface area contributed by atoms with Gasteiger partial charge < -0.3 is 20.5 Å². The highest BCUT2D eigenvalue weighted by Crippen LogP contribution is 2.50. The number of nitrogens with one attached hydrogen (secondary N) is 1. The van der Waals surface area contributed by atoms with Gasteiger partial charge in [0.15, 0.2) is 5.17 Å². The third-order valence-corrected chi connectivity index (χ3v) is 6.91. The van der Waals surface area contributed by atoms with Crippen molar-refractivity contribution in [3.8, 4) is 5.88 Å². The maximum Gasteiger partial charge on any atom is 0.275 e. The topological polar surface area (TPSA) is 112 Å². The molecule has 1 fully saturated rings. The molecular formula is C22H28FN5O3S. The van der Waals surface area contributed by atoms with Crippen molar-refractivity contribution < 1.29 is 18.7 Å². The fourth-order valence-electron chi connectivity index (χ4n) is 4.12. The number of nitrogens with two attached hydrogens (primary N) is 1. The van der Waals surface area contributed by atoms with Crippen LogP contribution in [0.25, 0.3) is 0 Å². The smallest absolute Gasteiger partial charge is 0.275 e. The Kier molecular flexibility index (Phi) is 7.04. The summed E-state index contributed by atoms with van der Waals surface area (Å²) in [4.78, 5) is 25.2. The van der Waals surface area contributed by atoms with E-state index in [2.05, 4.69) is 20.3 Å². The maximum atomic E-state index is 14.9. The predicted molar refractivity (Wildman–Crippen MR) is 124 cm³/mol. The van der Waals surface area contributed by atoms with E-state index in [1.807, 2.05) is 6.92 Å². The van der Waals surface area contributed by atoms with Crippen LogP contribution in [0.1, 0.15) is 49.7 Å². The number of amides is 1. The molecule has 1 atom stereocenters. The summed E-state index contributed by atoms with van der Waals surface area (Å²) in [6.07, 6.45) is 4.97.